The summed E-state index contributed by atoms with van der Waals surface area (Å²) in [4.78, 5) is 14.2. The van der Waals surface area contributed by atoms with Crippen LogP contribution in [0.5, 0.6) is 0 Å². The van der Waals surface area contributed by atoms with Gasteiger partial charge in [-0.2, -0.15) is 13.9 Å². The quantitative estimate of drug-likeness (QED) is 0.874. The van der Waals surface area contributed by atoms with Crippen LogP contribution in [0.3, 0.4) is 0 Å². The van der Waals surface area contributed by atoms with Gasteiger partial charge >= 0.3 is 6.55 Å². The first kappa shape index (κ1) is 14.7. The molecule has 0 aromatic carbocycles. The average molecular weight is 310 g/mol. The molecule has 1 aliphatic heterocycles. The zero-order valence-electron chi connectivity index (χ0n) is 12.1. The SMILES string of the molecule is Cc1cc([C@H]2CCCCN2C(=O)c2ccn(C(F)F)n2)no1. The topological polar surface area (TPSA) is 64.2 Å². The Bertz CT molecular complexity index is 667. The zero-order chi connectivity index (χ0) is 15.7. The minimum absolute atomic E-state index is 0.0208. The lowest BCUT2D eigenvalue weighted by Gasteiger charge is -2.34. The lowest BCUT2D eigenvalue weighted by atomic mass is 9.98. The molecule has 8 heteroatoms. The minimum atomic E-state index is -2.75. The van der Waals surface area contributed by atoms with Crippen LogP contribution >= 0.6 is 0 Å². The molecular weight excluding hydrogens is 294 g/mol. The lowest BCUT2D eigenvalue weighted by Crippen LogP contribution is -2.39. The van der Waals surface area contributed by atoms with Crippen molar-refractivity contribution in [2.75, 3.05) is 6.54 Å². The van der Waals surface area contributed by atoms with Gasteiger partial charge in [-0.1, -0.05) is 5.16 Å². The number of carbonyl (C=O) groups is 1. The van der Waals surface area contributed by atoms with Gasteiger partial charge in [0.2, 0.25) is 0 Å². The maximum Gasteiger partial charge on any atom is 0.333 e. The molecule has 2 aromatic rings. The average Bonchev–Trinajstić information content (AvgIpc) is 3.15. The maximum atomic E-state index is 12.6. The van der Waals surface area contributed by atoms with E-state index in [1.807, 2.05) is 0 Å². The van der Waals surface area contributed by atoms with Gasteiger partial charge in [-0.3, -0.25) is 4.79 Å². The predicted octanol–water partition coefficient (Wildman–Crippen LogP) is 2.94. The highest BCUT2D eigenvalue weighted by molar-refractivity contribution is 5.92. The summed E-state index contributed by atoms with van der Waals surface area (Å²) in [6.45, 7) is -0.413. The van der Waals surface area contributed by atoms with Gasteiger partial charge in [0.15, 0.2) is 5.69 Å². The van der Waals surface area contributed by atoms with E-state index in [9.17, 15) is 13.6 Å². The van der Waals surface area contributed by atoms with E-state index in [1.54, 1.807) is 17.9 Å². The molecule has 0 spiro atoms. The normalized spacial score (nSPS) is 18.9. The van der Waals surface area contributed by atoms with E-state index in [2.05, 4.69) is 10.3 Å². The van der Waals surface area contributed by atoms with Crippen molar-refractivity contribution in [3.8, 4) is 0 Å². The Morgan fingerprint density at radius 3 is 2.91 bits per heavy atom. The van der Waals surface area contributed by atoms with Gasteiger partial charge in [0.1, 0.15) is 11.5 Å². The van der Waals surface area contributed by atoms with Gasteiger partial charge in [-0.15, -0.1) is 0 Å². The number of carbonyl (C=O) groups excluding carboxylic acids is 1. The van der Waals surface area contributed by atoms with Crippen LogP contribution in [-0.4, -0.2) is 32.3 Å². The van der Waals surface area contributed by atoms with Crippen molar-refractivity contribution in [2.24, 2.45) is 0 Å². The summed E-state index contributed by atoms with van der Waals surface area (Å²) in [5, 5.41) is 7.63. The second-order valence-corrected chi connectivity index (χ2v) is 5.33. The van der Waals surface area contributed by atoms with E-state index in [0.717, 1.165) is 25.5 Å². The van der Waals surface area contributed by atoms with Crippen molar-refractivity contribution >= 4 is 5.91 Å². The summed E-state index contributed by atoms with van der Waals surface area (Å²) in [7, 11) is 0. The third kappa shape index (κ3) is 2.72. The maximum absolute atomic E-state index is 12.6. The van der Waals surface area contributed by atoms with Crippen LogP contribution in [0.15, 0.2) is 22.9 Å². The summed E-state index contributed by atoms with van der Waals surface area (Å²) in [6, 6.07) is 2.91. The number of aromatic nitrogens is 3. The van der Waals surface area contributed by atoms with Gasteiger partial charge in [-0.25, -0.2) is 4.68 Å². The lowest BCUT2D eigenvalue weighted by molar-refractivity contribution is 0.0524. The molecule has 6 nitrogen and oxygen atoms in total. The van der Waals surface area contributed by atoms with E-state index in [4.69, 9.17) is 4.52 Å². The van der Waals surface area contributed by atoms with Crippen molar-refractivity contribution in [3.63, 3.8) is 0 Å². The van der Waals surface area contributed by atoms with Crippen molar-refractivity contribution in [3.05, 3.63) is 35.5 Å². The van der Waals surface area contributed by atoms with Gasteiger partial charge < -0.3 is 9.42 Å². The van der Waals surface area contributed by atoms with Crippen molar-refractivity contribution in [1.82, 2.24) is 19.8 Å². The highest BCUT2D eigenvalue weighted by atomic mass is 19.3. The van der Waals surface area contributed by atoms with Crippen molar-refractivity contribution < 1.29 is 18.1 Å². The molecule has 0 bridgehead atoms. The highest BCUT2D eigenvalue weighted by Crippen LogP contribution is 2.31. The zero-order valence-corrected chi connectivity index (χ0v) is 12.1. The van der Waals surface area contributed by atoms with Gasteiger partial charge in [0.05, 0.1) is 6.04 Å². The number of hydrogen-bond acceptors (Lipinski definition) is 4. The fourth-order valence-electron chi connectivity index (χ4n) is 2.73. The van der Waals surface area contributed by atoms with Crippen LogP contribution in [0.1, 0.15) is 53.8 Å². The van der Waals surface area contributed by atoms with E-state index in [-0.39, 0.29) is 17.6 Å². The van der Waals surface area contributed by atoms with Gasteiger partial charge in [-0.05, 0) is 32.3 Å². The molecule has 22 heavy (non-hydrogen) atoms. The first-order chi connectivity index (χ1) is 10.6. The molecule has 1 atom stereocenters. The Balaban J connectivity index is 1.84. The Hall–Kier alpha value is -2.25. The number of aryl methyl sites for hydroxylation is 1. The molecule has 1 fully saturated rings. The van der Waals surface area contributed by atoms with E-state index < -0.39 is 6.55 Å². The molecule has 0 aliphatic carbocycles. The Kier molecular flexibility index (Phi) is 3.91. The van der Waals surface area contributed by atoms with Crippen LogP contribution in [0, 0.1) is 6.92 Å². The number of nitrogens with zero attached hydrogens (tertiary/aromatic N) is 4. The summed E-state index contributed by atoms with van der Waals surface area (Å²) >= 11 is 0. The number of rotatable bonds is 3. The summed E-state index contributed by atoms with van der Waals surface area (Å²) in [6.07, 6.45) is 3.73. The molecule has 3 heterocycles. The Morgan fingerprint density at radius 2 is 2.27 bits per heavy atom. The fraction of sp³-hybridized carbons (Fsp3) is 0.500. The Morgan fingerprint density at radius 1 is 1.45 bits per heavy atom. The minimum Gasteiger partial charge on any atom is -0.361 e. The number of halogens is 2. The third-order valence-corrected chi connectivity index (χ3v) is 3.78. The van der Waals surface area contributed by atoms with Crippen LogP contribution in [0.2, 0.25) is 0 Å². The molecule has 0 radical (unpaired) electrons. The largest absolute Gasteiger partial charge is 0.361 e. The summed E-state index contributed by atoms with van der Waals surface area (Å²) in [5.74, 6) is 0.319. The number of hydrogen-bond donors (Lipinski definition) is 0. The number of amides is 1. The molecule has 1 aliphatic rings. The molecule has 0 saturated carbocycles. The predicted molar refractivity (Wildman–Crippen MR) is 72.3 cm³/mol. The number of piperidine rings is 1. The van der Waals surface area contributed by atoms with Crippen LogP contribution in [0.25, 0.3) is 0 Å². The number of likely N-dealkylation sites (tertiary alicyclic amines) is 1. The molecule has 0 N–H and O–H groups in total. The molecule has 118 valence electrons. The highest BCUT2D eigenvalue weighted by Gasteiger charge is 2.32. The van der Waals surface area contributed by atoms with Crippen molar-refractivity contribution in [2.45, 2.75) is 38.8 Å². The van der Waals surface area contributed by atoms with Crippen LogP contribution in [-0.2, 0) is 0 Å². The van der Waals surface area contributed by atoms with Crippen molar-refractivity contribution in [1.29, 1.82) is 0 Å². The first-order valence-electron chi connectivity index (χ1n) is 7.14. The summed E-state index contributed by atoms with van der Waals surface area (Å²) < 4.78 is 30.7. The second-order valence-electron chi connectivity index (χ2n) is 5.33. The van der Waals surface area contributed by atoms with E-state index >= 15 is 0 Å². The first-order valence-corrected chi connectivity index (χ1v) is 7.14. The van der Waals surface area contributed by atoms with E-state index in [1.165, 1.54) is 6.07 Å². The summed E-state index contributed by atoms with van der Waals surface area (Å²) in [5.41, 5.74) is 0.714. The fourth-order valence-corrected chi connectivity index (χ4v) is 2.73. The van der Waals surface area contributed by atoms with Crippen LogP contribution in [0.4, 0.5) is 8.78 Å². The molecule has 1 amide bonds. The standard InChI is InChI=1S/C14H16F2N4O2/c1-9-8-11(18-22-9)12-4-2-3-6-19(12)13(21)10-5-7-20(17-10)14(15)16/h5,7-8,12,14H,2-4,6H2,1H3/t12-/m1/s1. The smallest absolute Gasteiger partial charge is 0.333 e. The molecule has 3 rings (SSSR count). The second kappa shape index (κ2) is 5.86. The van der Waals surface area contributed by atoms with Gasteiger partial charge in [0.25, 0.3) is 5.91 Å². The molecule has 1 saturated heterocycles. The molecule has 2 aromatic heterocycles. The monoisotopic (exact) mass is 310 g/mol. The van der Waals surface area contributed by atoms with Gasteiger partial charge in [0, 0.05) is 18.8 Å². The third-order valence-electron chi connectivity index (χ3n) is 3.78. The molecular formula is C14H16F2N4O2. The van der Waals surface area contributed by atoms with Crippen LogP contribution < -0.4 is 0 Å². The Labute approximate surface area is 125 Å². The van der Waals surface area contributed by atoms with E-state index in [0.29, 0.717) is 22.7 Å². The molecule has 0 unspecified atom stereocenters. The number of alkyl halides is 2.